The molecule has 28 heavy (non-hydrogen) atoms. The topological polar surface area (TPSA) is 34.2 Å². The van der Waals surface area contributed by atoms with Gasteiger partial charge >= 0.3 is 0 Å². The second kappa shape index (κ2) is 11.8. The average Bonchev–Trinajstić information content (AvgIpc) is 2.58. The van der Waals surface area contributed by atoms with Crippen LogP contribution in [-0.2, 0) is 14.2 Å². The van der Waals surface area contributed by atoms with Crippen molar-refractivity contribution in [3.05, 3.63) is 0 Å². The van der Waals surface area contributed by atoms with E-state index in [1.54, 1.807) is 0 Å². The molecule has 2 aliphatic heterocycles. The molecule has 0 aromatic rings. The lowest BCUT2D eigenvalue weighted by Crippen LogP contribution is -2.57. The van der Waals surface area contributed by atoms with Crippen LogP contribution in [0.4, 0.5) is 0 Å². The van der Waals surface area contributed by atoms with Crippen LogP contribution in [0.2, 0.25) is 0 Å². The summed E-state index contributed by atoms with van der Waals surface area (Å²) < 4.78 is 17.8. The highest BCUT2D eigenvalue weighted by Crippen LogP contribution is 2.21. The first-order valence-electron chi connectivity index (χ1n) is 11.6. The standard InChI is InChI=1S/C23H46N2O3/c1-19(2)20(3)25-17-22(18-25)27-16-8-15-26-14-7-11-24-12-9-21(10-13-24)28-23(4,5)6/h19-22H,7-18H2,1-6H3/t20-/m0/s1. The van der Waals surface area contributed by atoms with Crippen molar-refractivity contribution >= 4 is 0 Å². The van der Waals surface area contributed by atoms with Gasteiger partial charge in [-0.2, -0.15) is 0 Å². The van der Waals surface area contributed by atoms with E-state index in [4.69, 9.17) is 14.2 Å². The van der Waals surface area contributed by atoms with Crippen molar-refractivity contribution in [1.29, 1.82) is 0 Å². The SMILES string of the molecule is CC(C)[C@H](C)N1CC(OCCCOCCCN2CCC(OC(C)(C)C)CC2)C1. The van der Waals surface area contributed by atoms with Crippen molar-refractivity contribution in [3.8, 4) is 0 Å². The van der Waals surface area contributed by atoms with Crippen molar-refractivity contribution in [3.63, 3.8) is 0 Å². The van der Waals surface area contributed by atoms with Crippen LogP contribution in [0.5, 0.6) is 0 Å². The Balaban J connectivity index is 1.36. The normalized spacial score (nSPS) is 22.0. The Kier molecular flexibility index (Phi) is 10.2. The van der Waals surface area contributed by atoms with Crippen molar-refractivity contribution in [1.82, 2.24) is 9.80 Å². The largest absolute Gasteiger partial charge is 0.381 e. The van der Waals surface area contributed by atoms with Crippen LogP contribution in [0.1, 0.15) is 67.2 Å². The minimum absolute atomic E-state index is 0.0189. The van der Waals surface area contributed by atoms with E-state index in [1.165, 1.54) is 0 Å². The lowest BCUT2D eigenvalue weighted by molar-refractivity contribution is -0.0826. The summed E-state index contributed by atoms with van der Waals surface area (Å²) in [4.78, 5) is 5.07. The second-order valence-corrected chi connectivity index (χ2v) is 10.0. The number of piperidine rings is 1. The zero-order valence-electron chi connectivity index (χ0n) is 19.4. The molecule has 0 bridgehead atoms. The molecule has 1 atom stereocenters. The minimum atomic E-state index is -0.0189. The molecule has 0 amide bonds. The first-order valence-corrected chi connectivity index (χ1v) is 11.6. The second-order valence-electron chi connectivity index (χ2n) is 10.0. The molecule has 2 aliphatic rings. The van der Waals surface area contributed by atoms with E-state index < -0.39 is 0 Å². The molecule has 0 aromatic heterocycles. The van der Waals surface area contributed by atoms with Gasteiger partial charge < -0.3 is 19.1 Å². The molecule has 0 saturated carbocycles. The lowest BCUT2D eigenvalue weighted by Gasteiger charge is -2.44. The molecule has 0 spiro atoms. The van der Waals surface area contributed by atoms with E-state index in [2.05, 4.69) is 51.3 Å². The summed E-state index contributed by atoms with van der Waals surface area (Å²) in [6.07, 6.45) is 5.31. The highest BCUT2D eigenvalue weighted by Gasteiger charge is 2.31. The van der Waals surface area contributed by atoms with E-state index in [9.17, 15) is 0 Å². The number of hydrogen-bond acceptors (Lipinski definition) is 5. The summed E-state index contributed by atoms with van der Waals surface area (Å²) in [6, 6.07) is 0.667. The predicted octanol–water partition coefficient (Wildman–Crippen LogP) is 3.81. The van der Waals surface area contributed by atoms with Crippen LogP contribution in [0, 0.1) is 5.92 Å². The molecule has 2 fully saturated rings. The molecule has 2 saturated heterocycles. The molecule has 2 heterocycles. The highest BCUT2D eigenvalue weighted by atomic mass is 16.5. The van der Waals surface area contributed by atoms with Gasteiger partial charge in [-0.1, -0.05) is 13.8 Å². The van der Waals surface area contributed by atoms with Crippen LogP contribution >= 0.6 is 0 Å². The molecular formula is C23H46N2O3. The van der Waals surface area contributed by atoms with Gasteiger partial charge in [0.1, 0.15) is 0 Å². The predicted molar refractivity (Wildman–Crippen MR) is 116 cm³/mol. The van der Waals surface area contributed by atoms with Gasteiger partial charge in [-0.05, 0) is 59.3 Å². The third kappa shape index (κ3) is 9.08. The molecule has 5 heteroatoms. The fourth-order valence-corrected chi connectivity index (χ4v) is 3.98. The first-order chi connectivity index (χ1) is 13.2. The summed E-state index contributed by atoms with van der Waals surface area (Å²) >= 11 is 0. The van der Waals surface area contributed by atoms with E-state index >= 15 is 0 Å². The lowest BCUT2D eigenvalue weighted by atomic mass is 10.00. The number of rotatable bonds is 12. The van der Waals surface area contributed by atoms with Gasteiger partial charge in [0, 0.05) is 58.6 Å². The maximum absolute atomic E-state index is 6.10. The maximum atomic E-state index is 6.10. The number of hydrogen-bond donors (Lipinski definition) is 0. The monoisotopic (exact) mass is 398 g/mol. The average molecular weight is 399 g/mol. The highest BCUT2D eigenvalue weighted by molar-refractivity contribution is 4.85. The van der Waals surface area contributed by atoms with Crippen molar-refractivity contribution in [2.75, 3.05) is 52.5 Å². The maximum Gasteiger partial charge on any atom is 0.0828 e. The van der Waals surface area contributed by atoms with Gasteiger partial charge in [0.25, 0.3) is 0 Å². The Bertz CT molecular complexity index is 411. The molecular weight excluding hydrogens is 352 g/mol. The molecule has 0 aliphatic carbocycles. The van der Waals surface area contributed by atoms with Gasteiger partial charge in [0.05, 0.1) is 17.8 Å². The summed E-state index contributed by atoms with van der Waals surface area (Å²) in [5, 5.41) is 0. The fourth-order valence-electron chi connectivity index (χ4n) is 3.98. The van der Waals surface area contributed by atoms with Gasteiger partial charge in [-0.25, -0.2) is 0 Å². The minimum Gasteiger partial charge on any atom is -0.381 e. The van der Waals surface area contributed by atoms with Crippen LogP contribution in [0.3, 0.4) is 0 Å². The number of ether oxygens (including phenoxy) is 3. The molecule has 0 N–H and O–H groups in total. The van der Waals surface area contributed by atoms with E-state index in [0.29, 0.717) is 18.2 Å². The molecule has 2 rings (SSSR count). The molecule has 0 unspecified atom stereocenters. The van der Waals surface area contributed by atoms with Gasteiger partial charge in [0.15, 0.2) is 0 Å². The molecule has 166 valence electrons. The smallest absolute Gasteiger partial charge is 0.0828 e. The number of nitrogens with zero attached hydrogens (tertiary/aromatic N) is 2. The molecule has 5 nitrogen and oxygen atoms in total. The first kappa shape index (κ1) is 24.1. The fraction of sp³-hybridized carbons (Fsp3) is 1.00. The summed E-state index contributed by atoms with van der Waals surface area (Å²) in [5.74, 6) is 0.720. The third-order valence-corrected chi connectivity index (χ3v) is 6.02. The molecule has 0 radical (unpaired) electrons. The van der Waals surface area contributed by atoms with E-state index in [1.807, 2.05) is 0 Å². The van der Waals surface area contributed by atoms with Crippen LogP contribution in [-0.4, -0.2) is 86.2 Å². The number of likely N-dealkylation sites (tertiary alicyclic amines) is 2. The zero-order chi connectivity index (χ0) is 20.6. The Labute approximate surface area is 174 Å². The van der Waals surface area contributed by atoms with Crippen molar-refractivity contribution in [2.24, 2.45) is 5.92 Å². The summed E-state index contributed by atoms with van der Waals surface area (Å²) in [6.45, 7) is 21.5. The van der Waals surface area contributed by atoms with Crippen LogP contribution in [0.25, 0.3) is 0 Å². The van der Waals surface area contributed by atoms with Crippen LogP contribution < -0.4 is 0 Å². The summed E-state index contributed by atoms with van der Waals surface area (Å²) in [7, 11) is 0. The van der Waals surface area contributed by atoms with E-state index in [0.717, 1.165) is 84.1 Å². The Morgan fingerprint density at radius 3 is 2.14 bits per heavy atom. The Morgan fingerprint density at radius 2 is 1.54 bits per heavy atom. The van der Waals surface area contributed by atoms with Gasteiger partial charge in [-0.3, -0.25) is 4.90 Å². The Morgan fingerprint density at radius 1 is 0.893 bits per heavy atom. The molecule has 0 aromatic carbocycles. The van der Waals surface area contributed by atoms with E-state index in [-0.39, 0.29) is 5.60 Å². The van der Waals surface area contributed by atoms with Crippen LogP contribution in [0.15, 0.2) is 0 Å². The van der Waals surface area contributed by atoms with Crippen molar-refractivity contribution in [2.45, 2.75) is 91.1 Å². The summed E-state index contributed by atoms with van der Waals surface area (Å²) in [5.41, 5.74) is -0.0189. The third-order valence-electron chi connectivity index (χ3n) is 6.02. The van der Waals surface area contributed by atoms with Crippen molar-refractivity contribution < 1.29 is 14.2 Å². The Hall–Kier alpha value is -0.200. The zero-order valence-corrected chi connectivity index (χ0v) is 19.4. The quantitative estimate of drug-likeness (QED) is 0.467. The van der Waals surface area contributed by atoms with Gasteiger partial charge in [0.2, 0.25) is 0 Å². The van der Waals surface area contributed by atoms with Gasteiger partial charge in [-0.15, -0.1) is 0 Å².